The summed E-state index contributed by atoms with van der Waals surface area (Å²) >= 11 is 0. The van der Waals surface area contributed by atoms with Crippen molar-refractivity contribution in [2.75, 3.05) is 32.0 Å². The molecule has 3 rings (SSSR count). The van der Waals surface area contributed by atoms with Crippen LogP contribution in [0.2, 0.25) is 0 Å². The Morgan fingerprint density at radius 3 is 2.48 bits per heavy atom. The van der Waals surface area contributed by atoms with Crippen LogP contribution in [0.1, 0.15) is 31.2 Å². The van der Waals surface area contributed by atoms with Crippen LogP contribution in [0.15, 0.2) is 53.6 Å². The monoisotopic (exact) mass is 416 g/mol. The number of carbonyl (C=O) groups is 1. The van der Waals surface area contributed by atoms with E-state index in [1.54, 1.807) is 24.1 Å². The molecule has 1 aliphatic heterocycles. The molecule has 156 valence electrons. The van der Waals surface area contributed by atoms with Gasteiger partial charge in [-0.25, -0.2) is 13.4 Å². The molecule has 8 heteroatoms. The van der Waals surface area contributed by atoms with E-state index in [-0.39, 0.29) is 10.8 Å². The average molecular weight is 417 g/mol. The van der Waals surface area contributed by atoms with Crippen molar-refractivity contribution in [3.8, 4) is 0 Å². The molecule has 2 aromatic rings. The van der Waals surface area contributed by atoms with Crippen molar-refractivity contribution < 1.29 is 13.2 Å². The molecule has 29 heavy (non-hydrogen) atoms. The van der Waals surface area contributed by atoms with Gasteiger partial charge in [0.1, 0.15) is 10.7 Å². The molecule has 1 aliphatic rings. The number of hydrogen-bond donors (Lipinski definition) is 1. The van der Waals surface area contributed by atoms with Crippen molar-refractivity contribution in [2.24, 2.45) is 0 Å². The Labute approximate surface area is 172 Å². The van der Waals surface area contributed by atoms with E-state index in [4.69, 9.17) is 0 Å². The second-order valence-electron chi connectivity index (χ2n) is 7.26. The first-order valence-corrected chi connectivity index (χ1v) is 11.4. The summed E-state index contributed by atoms with van der Waals surface area (Å²) in [7, 11) is -1.69. The Hall–Kier alpha value is -2.45. The Kier molecular flexibility index (Phi) is 7.22. The molecule has 0 atom stereocenters. The minimum absolute atomic E-state index is 0.0330. The molecule has 0 spiro atoms. The van der Waals surface area contributed by atoms with E-state index >= 15 is 0 Å². The molecule has 2 heterocycles. The average Bonchev–Trinajstić information content (AvgIpc) is 2.75. The van der Waals surface area contributed by atoms with Crippen molar-refractivity contribution in [3.05, 3.63) is 54.2 Å². The molecule has 1 N–H and O–H groups in total. The van der Waals surface area contributed by atoms with Crippen LogP contribution in [0, 0.1) is 0 Å². The predicted octanol–water partition coefficient (Wildman–Crippen LogP) is 2.72. The molecular weight excluding hydrogens is 388 g/mol. The number of nitrogens with zero attached hydrogens (tertiary/aromatic N) is 3. The van der Waals surface area contributed by atoms with Crippen molar-refractivity contribution in [1.82, 2.24) is 14.2 Å². The molecule has 0 unspecified atom stereocenters. The van der Waals surface area contributed by atoms with Gasteiger partial charge in [-0.2, -0.15) is 4.31 Å². The van der Waals surface area contributed by atoms with E-state index in [2.05, 4.69) is 10.3 Å². The first-order chi connectivity index (χ1) is 14.0. The first-order valence-electron chi connectivity index (χ1n) is 9.95. The lowest BCUT2D eigenvalue weighted by molar-refractivity contribution is -0.130. The van der Waals surface area contributed by atoms with Gasteiger partial charge in [-0.05, 0) is 30.5 Å². The summed E-state index contributed by atoms with van der Waals surface area (Å²) < 4.78 is 26.8. The quantitative estimate of drug-likeness (QED) is 0.715. The molecule has 1 aromatic heterocycles. The zero-order chi connectivity index (χ0) is 20.7. The third-order valence-electron chi connectivity index (χ3n) is 5.02. The number of pyridine rings is 1. The van der Waals surface area contributed by atoms with Gasteiger partial charge in [-0.3, -0.25) is 4.79 Å². The van der Waals surface area contributed by atoms with Gasteiger partial charge in [-0.15, -0.1) is 0 Å². The fraction of sp³-hybridized carbons (Fsp3) is 0.429. The van der Waals surface area contributed by atoms with Crippen LogP contribution in [0.4, 0.5) is 5.82 Å². The number of piperidine rings is 1. The fourth-order valence-corrected chi connectivity index (χ4v) is 4.79. The zero-order valence-electron chi connectivity index (χ0n) is 16.8. The van der Waals surface area contributed by atoms with Crippen molar-refractivity contribution in [1.29, 1.82) is 0 Å². The first kappa shape index (κ1) is 21.3. The van der Waals surface area contributed by atoms with Crippen LogP contribution in [0.25, 0.3) is 0 Å². The molecule has 1 aromatic carbocycles. The molecule has 0 aliphatic carbocycles. The maximum absolute atomic E-state index is 12.6. The topological polar surface area (TPSA) is 82.6 Å². The van der Waals surface area contributed by atoms with Gasteiger partial charge in [-0.1, -0.05) is 36.8 Å². The molecule has 0 saturated carbocycles. The van der Waals surface area contributed by atoms with Gasteiger partial charge in [0.05, 0.1) is 0 Å². The van der Waals surface area contributed by atoms with Crippen LogP contribution >= 0.6 is 0 Å². The van der Waals surface area contributed by atoms with Crippen LogP contribution in [-0.4, -0.2) is 55.2 Å². The van der Waals surface area contributed by atoms with Crippen LogP contribution < -0.4 is 5.32 Å². The van der Waals surface area contributed by atoms with Gasteiger partial charge >= 0.3 is 0 Å². The van der Waals surface area contributed by atoms with Crippen LogP contribution in [0.3, 0.4) is 0 Å². The zero-order valence-corrected chi connectivity index (χ0v) is 17.6. The van der Waals surface area contributed by atoms with Gasteiger partial charge in [0.25, 0.3) is 0 Å². The summed E-state index contributed by atoms with van der Waals surface area (Å²) in [5, 5.41) is 3.09. The van der Waals surface area contributed by atoms with Crippen LogP contribution in [-0.2, 0) is 21.4 Å². The number of benzene rings is 1. The van der Waals surface area contributed by atoms with Gasteiger partial charge in [0.15, 0.2) is 0 Å². The van der Waals surface area contributed by atoms with E-state index < -0.39 is 10.0 Å². The second-order valence-corrected chi connectivity index (χ2v) is 9.19. The summed E-state index contributed by atoms with van der Waals surface area (Å²) in [6.45, 7) is 2.14. The summed E-state index contributed by atoms with van der Waals surface area (Å²) in [6.07, 6.45) is 4.60. The smallest absolute Gasteiger partial charge is 0.244 e. The summed E-state index contributed by atoms with van der Waals surface area (Å²) in [5.74, 6) is 0.590. The molecule has 1 fully saturated rings. The Morgan fingerprint density at radius 1 is 1.10 bits per heavy atom. The lowest BCUT2D eigenvalue weighted by atomic mass is 10.2. The normalized spacial score (nSPS) is 15.1. The van der Waals surface area contributed by atoms with Crippen LogP contribution in [0.5, 0.6) is 0 Å². The number of anilines is 1. The minimum atomic E-state index is -3.47. The summed E-state index contributed by atoms with van der Waals surface area (Å²) in [5.41, 5.74) is 1.09. The molecule has 0 bridgehead atoms. The van der Waals surface area contributed by atoms with Gasteiger partial charge < -0.3 is 10.2 Å². The van der Waals surface area contributed by atoms with Gasteiger partial charge in [0.2, 0.25) is 15.9 Å². The molecular formula is C21H28N4O3S. The van der Waals surface area contributed by atoms with Crippen molar-refractivity contribution >= 4 is 21.7 Å². The lowest BCUT2D eigenvalue weighted by Gasteiger charge is -2.25. The standard InChI is InChI=1S/C21H28N4O3S/c1-24(17-18-8-4-2-5-9-18)21(26)12-13-22-20-11-10-19(16-23-20)29(27,28)25-14-6-3-7-15-25/h2,4-5,8-11,16H,3,6-7,12-15,17H2,1H3,(H,22,23). The number of hydrogen-bond acceptors (Lipinski definition) is 5. The van der Waals surface area contributed by atoms with Crippen molar-refractivity contribution in [2.45, 2.75) is 37.1 Å². The maximum Gasteiger partial charge on any atom is 0.244 e. The van der Waals surface area contributed by atoms with E-state index in [1.165, 1.54) is 10.5 Å². The number of amides is 1. The molecule has 7 nitrogen and oxygen atoms in total. The maximum atomic E-state index is 12.6. The Balaban J connectivity index is 1.48. The third-order valence-corrected chi connectivity index (χ3v) is 6.90. The highest BCUT2D eigenvalue weighted by molar-refractivity contribution is 7.89. The van der Waals surface area contributed by atoms with Crippen molar-refractivity contribution in [3.63, 3.8) is 0 Å². The van der Waals surface area contributed by atoms with E-state index in [9.17, 15) is 13.2 Å². The minimum Gasteiger partial charge on any atom is -0.370 e. The highest BCUT2D eigenvalue weighted by Crippen LogP contribution is 2.20. The molecule has 1 saturated heterocycles. The second kappa shape index (κ2) is 9.84. The Morgan fingerprint density at radius 2 is 1.83 bits per heavy atom. The third kappa shape index (κ3) is 5.77. The Bertz CT molecular complexity index is 895. The number of sulfonamides is 1. The van der Waals surface area contributed by atoms with Gasteiger partial charge in [0, 0.05) is 45.8 Å². The number of nitrogens with one attached hydrogen (secondary N) is 1. The summed E-state index contributed by atoms with van der Waals surface area (Å²) in [4.78, 5) is 18.4. The molecule has 0 radical (unpaired) electrons. The highest BCUT2D eigenvalue weighted by atomic mass is 32.2. The lowest BCUT2D eigenvalue weighted by Crippen LogP contribution is -2.35. The predicted molar refractivity (Wildman–Crippen MR) is 113 cm³/mol. The largest absolute Gasteiger partial charge is 0.370 e. The SMILES string of the molecule is CN(Cc1ccccc1)C(=O)CCNc1ccc(S(=O)(=O)N2CCCCC2)cn1. The number of carbonyl (C=O) groups excluding carboxylic acids is 1. The highest BCUT2D eigenvalue weighted by Gasteiger charge is 2.26. The van der Waals surface area contributed by atoms with E-state index in [0.717, 1.165) is 24.8 Å². The number of rotatable bonds is 8. The summed E-state index contributed by atoms with van der Waals surface area (Å²) in [6, 6.07) is 13.1. The van der Waals surface area contributed by atoms with E-state index in [0.29, 0.717) is 38.4 Å². The number of aromatic nitrogens is 1. The fourth-order valence-electron chi connectivity index (χ4n) is 3.33. The van der Waals surface area contributed by atoms with E-state index in [1.807, 2.05) is 30.3 Å². The molecule has 1 amide bonds.